The highest BCUT2D eigenvalue weighted by atomic mass is 15.3. The maximum absolute atomic E-state index is 6.19. The van der Waals surface area contributed by atoms with E-state index in [9.17, 15) is 0 Å². The molecule has 5 nitrogen and oxygen atoms in total. The van der Waals surface area contributed by atoms with E-state index in [0.717, 1.165) is 42.1 Å². The van der Waals surface area contributed by atoms with Gasteiger partial charge in [-0.2, -0.15) is 5.10 Å². The maximum atomic E-state index is 6.19. The Morgan fingerprint density at radius 2 is 2.28 bits per heavy atom. The molecule has 1 saturated carbocycles. The van der Waals surface area contributed by atoms with Gasteiger partial charge in [-0.1, -0.05) is 13.3 Å². The van der Waals surface area contributed by atoms with Gasteiger partial charge in [0.15, 0.2) is 0 Å². The first-order chi connectivity index (χ1) is 8.70. The third-order valence-corrected chi connectivity index (χ3v) is 3.84. The lowest BCUT2D eigenvalue weighted by Crippen LogP contribution is -2.24. The van der Waals surface area contributed by atoms with Crippen molar-refractivity contribution >= 4 is 5.52 Å². The Bertz CT molecular complexity index is 574. The van der Waals surface area contributed by atoms with Crippen LogP contribution in [0.3, 0.4) is 0 Å². The zero-order valence-corrected chi connectivity index (χ0v) is 10.9. The van der Waals surface area contributed by atoms with Crippen LogP contribution in [-0.2, 0) is 6.42 Å². The summed E-state index contributed by atoms with van der Waals surface area (Å²) in [5.74, 6) is 2.14. The molecule has 0 spiro atoms. The topological polar surface area (TPSA) is 69.1 Å². The van der Waals surface area contributed by atoms with Crippen molar-refractivity contribution in [1.29, 1.82) is 0 Å². The first kappa shape index (κ1) is 11.6. The summed E-state index contributed by atoms with van der Waals surface area (Å²) in [6.45, 7) is 4.02. The molecule has 2 aromatic heterocycles. The fourth-order valence-corrected chi connectivity index (χ4v) is 2.86. The third-order valence-electron chi connectivity index (χ3n) is 3.84. The van der Waals surface area contributed by atoms with E-state index in [1.54, 1.807) is 0 Å². The molecule has 0 aliphatic heterocycles. The minimum absolute atomic E-state index is 0.218. The largest absolute Gasteiger partial charge is 0.327 e. The smallest absolute Gasteiger partial charge is 0.146 e. The van der Waals surface area contributed by atoms with Gasteiger partial charge in [0.1, 0.15) is 17.2 Å². The molecule has 0 radical (unpaired) electrons. The molecule has 2 unspecified atom stereocenters. The molecule has 0 aromatic carbocycles. The minimum Gasteiger partial charge on any atom is -0.327 e. The molecule has 1 aliphatic carbocycles. The number of hydrogen-bond donors (Lipinski definition) is 1. The van der Waals surface area contributed by atoms with Crippen LogP contribution in [0.2, 0.25) is 0 Å². The molecule has 18 heavy (non-hydrogen) atoms. The second-order valence-corrected chi connectivity index (χ2v) is 5.07. The van der Waals surface area contributed by atoms with Crippen LogP contribution in [0.4, 0.5) is 0 Å². The highest BCUT2D eigenvalue weighted by Gasteiger charge is 2.30. The first-order valence-electron chi connectivity index (χ1n) is 6.67. The summed E-state index contributed by atoms with van der Waals surface area (Å²) in [4.78, 5) is 9.03. The number of hydrogen-bond acceptors (Lipinski definition) is 4. The molecule has 1 fully saturated rings. The average Bonchev–Trinajstić information content (AvgIpc) is 2.92. The summed E-state index contributed by atoms with van der Waals surface area (Å²) in [5.41, 5.74) is 8.29. The number of aryl methyl sites for hydroxylation is 2. The SMILES string of the molecule is CCc1nc(C2CCCC2N)n2nc(C)ncc12. The van der Waals surface area contributed by atoms with Crippen LogP contribution in [0.1, 0.15) is 49.4 Å². The lowest BCUT2D eigenvalue weighted by Gasteiger charge is -2.13. The molecular formula is C13H19N5. The normalized spacial score (nSPS) is 23.9. The van der Waals surface area contributed by atoms with Crippen molar-refractivity contribution in [3.8, 4) is 0 Å². The van der Waals surface area contributed by atoms with Gasteiger partial charge in [-0.15, -0.1) is 0 Å². The third kappa shape index (κ3) is 1.70. The van der Waals surface area contributed by atoms with Crippen LogP contribution < -0.4 is 5.73 Å². The Morgan fingerprint density at radius 3 is 2.94 bits per heavy atom. The van der Waals surface area contributed by atoms with E-state index in [1.165, 1.54) is 6.42 Å². The minimum atomic E-state index is 0.218. The van der Waals surface area contributed by atoms with Crippen molar-refractivity contribution in [2.24, 2.45) is 5.73 Å². The van der Waals surface area contributed by atoms with Crippen molar-refractivity contribution in [1.82, 2.24) is 19.6 Å². The van der Waals surface area contributed by atoms with Crippen molar-refractivity contribution in [2.75, 3.05) is 0 Å². The van der Waals surface area contributed by atoms with Gasteiger partial charge in [-0.25, -0.2) is 14.5 Å². The monoisotopic (exact) mass is 245 g/mol. The zero-order chi connectivity index (χ0) is 12.7. The Labute approximate surface area is 106 Å². The van der Waals surface area contributed by atoms with Gasteiger partial charge in [0.2, 0.25) is 0 Å². The number of nitrogens with zero attached hydrogens (tertiary/aromatic N) is 4. The van der Waals surface area contributed by atoms with Crippen LogP contribution >= 0.6 is 0 Å². The van der Waals surface area contributed by atoms with E-state index in [4.69, 9.17) is 10.7 Å². The Balaban J connectivity index is 2.18. The van der Waals surface area contributed by atoms with Gasteiger partial charge in [0, 0.05) is 12.0 Å². The molecule has 0 bridgehead atoms. The van der Waals surface area contributed by atoms with E-state index in [1.807, 2.05) is 17.6 Å². The number of imidazole rings is 1. The van der Waals surface area contributed by atoms with E-state index in [0.29, 0.717) is 5.92 Å². The van der Waals surface area contributed by atoms with E-state index >= 15 is 0 Å². The van der Waals surface area contributed by atoms with Gasteiger partial charge < -0.3 is 5.73 Å². The van der Waals surface area contributed by atoms with Gasteiger partial charge in [-0.05, 0) is 26.2 Å². The van der Waals surface area contributed by atoms with Crippen molar-refractivity contribution < 1.29 is 0 Å². The molecule has 0 amide bonds. The van der Waals surface area contributed by atoms with E-state index in [2.05, 4.69) is 17.0 Å². The molecule has 3 rings (SSSR count). The molecule has 5 heteroatoms. The lowest BCUT2D eigenvalue weighted by molar-refractivity contribution is 0.564. The van der Waals surface area contributed by atoms with Gasteiger partial charge >= 0.3 is 0 Å². The molecule has 2 heterocycles. The predicted octanol–water partition coefficient (Wildman–Crippen LogP) is 1.59. The van der Waals surface area contributed by atoms with Crippen molar-refractivity contribution in [3.05, 3.63) is 23.5 Å². The number of nitrogens with two attached hydrogens (primary N) is 1. The average molecular weight is 245 g/mol. The summed E-state index contributed by atoms with van der Waals surface area (Å²) >= 11 is 0. The molecular weight excluding hydrogens is 226 g/mol. The summed E-state index contributed by atoms with van der Waals surface area (Å²) in [5, 5.41) is 4.51. The summed E-state index contributed by atoms with van der Waals surface area (Å²) in [6.07, 6.45) is 6.17. The number of rotatable bonds is 2. The van der Waals surface area contributed by atoms with Crippen LogP contribution in [0.5, 0.6) is 0 Å². The molecule has 2 N–H and O–H groups in total. The second kappa shape index (κ2) is 4.31. The van der Waals surface area contributed by atoms with Crippen molar-refractivity contribution in [2.45, 2.75) is 51.5 Å². The molecule has 0 saturated heterocycles. The maximum Gasteiger partial charge on any atom is 0.146 e. The second-order valence-electron chi connectivity index (χ2n) is 5.07. The standard InChI is InChI=1S/C13H19N5/c1-3-11-12-7-15-8(2)17-18(12)13(16-11)9-5-4-6-10(9)14/h7,9-10H,3-6,14H2,1-2H3. The van der Waals surface area contributed by atoms with E-state index in [-0.39, 0.29) is 6.04 Å². The summed E-state index contributed by atoms with van der Waals surface area (Å²) in [7, 11) is 0. The number of fused-ring (bicyclic) bond motifs is 1. The zero-order valence-electron chi connectivity index (χ0n) is 10.9. The molecule has 96 valence electrons. The summed E-state index contributed by atoms with van der Waals surface area (Å²) < 4.78 is 1.96. The molecule has 2 aromatic rings. The Morgan fingerprint density at radius 1 is 1.44 bits per heavy atom. The molecule has 2 atom stereocenters. The van der Waals surface area contributed by atoms with Crippen LogP contribution in [0, 0.1) is 6.92 Å². The van der Waals surface area contributed by atoms with E-state index < -0.39 is 0 Å². The Kier molecular flexibility index (Phi) is 2.78. The fraction of sp³-hybridized carbons (Fsp3) is 0.615. The van der Waals surface area contributed by atoms with Gasteiger partial charge in [0.25, 0.3) is 0 Å². The van der Waals surface area contributed by atoms with Gasteiger partial charge in [0.05, 0.1) is 11.9 Å². The number of aromatic nitrogens is 4. The lowest BCUT2D eigenvalue weighted by atomic mass is 10.0. The highest BCUT2D eigenvalue weighted by molar-refractivity contribution is 5.51. The fourth-order valence-electron chi connectivity index (χ4n) is 2.86. The quantitative estimate of drug-likeness (QED) is 0.872. The molecule has 1 aliphatic rings. The van der Waals surface area contributed by atoms with Crippen LogP contribution in [-0.4, -0.2) is 25.6 Å². The van der Waals surface area contributed by atoms with Crippen molar-refractivity contribution in [3.63, 3.8) is 0 Å². The Hall–Kier alpha value is -1.49. The first-order valence-corrected chi connectivity index (χ1v) is 6.67. The van der Waals surface area contributed by atoms with Crippen LogP contribution in [0.15, 0.2) is 6.20 Å². The predicted molar refractivity (Wildman–Crippen MR) is 69.5 cm³/mol. The van der Waals surface area contributed by atoms with Gasteiger partial charge in [-0.3, -0.25) is 0 Å². The summed E-state index contributed by atoms with van der Waals surface area (Å²) in [6, 6.07) is 0.218. The van der Waals surface area contributed by atoms with Crippen LogP contribution in [0.25, 0.3) is 5.52 Å². The highest BCUT2D eigenvalue weighted by Crippen LogP contribution is 2.33.